The first-order valence-corrected chi connectivity index (χ1v) is 10.1. The van der Waals surface area contributed by atoms with Crippen LogP contribution < -0.4 is 15.3 Å². The van der Waals surface area contributed by atoms with Gasteiger partial charge in [0.05, 0.1) is 17.8 Å². The van der Waals surface area contributed by atoms with E-state index in [0.717, 1.165) is 61.7 Å². The van der Waals surface area contributed by atoms with Gasteiger partial charge in [0.2, 0.25) is 0 Å². The van der Waals surface area contributed by atoms with Crippen LogP contribution >= 0.6 is 31.9 Å². The Morgan fingerprint density at radius 3 is 2.69 bits per heavy atom. The van der Waals surface area contributed by atoms with Crippen molar-refractivity contribution in [2.75, 3.05) is 11.6 Å². The van der Waals surface area contributed by atoms with Crippen LogP contribution in [0.3, 0.4) is 0 Å². The standard InChI is InChI=1S/C20H15Br2NO3/c21-11-4-6-17(16(22)8-11)23-9-15-18(25-10-23)7-5-13-12-2-1-3-14(12)20(24)26-19(13)15/h4-8H,1-3,9-10H2. The highest BCUT2D eigenvalue weighted by atomic mass is 79.9. The van der Waals surface area contributed by atoms with Gasteiger partial charge in [-0.25, -0.2) is 4.79 Å². The molecule has 0 amide bonds. The third-order valence-electron chi connectivity index (χ3n) is 5.18. The summed E-state index contributed by atoms with van der Waals surface area (Å²) < 4.78 is 13.7. The van der Waals surface area contributed by atoms with Crippen molar-refractivity contribution >= 4 is 48.5 Å². The minimum Gasteiger partial charge on any atom is -0.473 e. The Kier molecular flexibility index (Phi) is 3.87. The molecule has 0 bridgehead atoms. The maximum Gasteiger partial charge on any atom is 0.339 e. The number of anilines is 1. The summed E-state index contributed by atoms with van der Waals surface area (Å²) in [5, 5.41) is 1.05. The van der Waals surface area contributed by atoms with Gasteiger partial charge in [-0.2, -0.15) is 0 Å². The Morgan fingerprint density at radius 2 is 1.85 bits per heavy atom. The van der Waals surface area contributed by atoms with Gasteiger partial charge in [-0.15, -0.1) is 0 Å². The van der Waals surface area contributed by atoms with Gasteiger partial charge in [-0.1, -0.05) is 15.9 Å². The predicted octanol–water partition coefficient (Wildman–Crippen LogP) is 5.16. The maximum atomic E-state index is 12.4. The summed E-state index contributed by atoms with van der Waals surface area (Å²) in [4.78, 5) is 14.6. The molecule has 6 heteroatoms. The Morgan fingerprint density at radius 1 is 1.00 bits per heavy atom. The van der Waals surface area contributed by atoms with Gasteiger partial charge in [0.15, 0.2) is 6.73 Å². The highest BCUT2D eigenvalue weighted by molar-refractivity contribution is 9.11. The molecule has 5 rings (SSSR count). The van der Waals surface area contributed by atoms with E-state index in [1.54, 1.807) is 0 Å². The molecule has 0 saturated heterocycles. The molecule has 2 aliphatic rings. The van der Waals surface area contributed by atoms with E-state index < -0.39 is 0 Å². The topological polar surface area (TPSA) is 42.7 Å². The lowest BCUT2D eigenvalue weighted by Gasteiger charge is -2.31. The molecule has 0 saturated carbocycles. The Hall–Kier alpha value is -1.79. The SMILES string of the molecule is O=c1oc2c3c(ccc2c2c1CCC2)OCN(c1ccc(Br)cc1Br)C3. The third-order valence-corrected chi connectivity index (χ3v) is 6.31. The molecule has 26 heavy (non-hydrogen) atoms. The van der Waals surface area contributed by atoms with E-state index in [-0.39, 0.29) is 5.63 Å². The van der Waals surface area contributed by atoms with Gasteiger partial charge in [0.1, 0.15) is 11.3 Å². The molecule has 0 N–H and O–H groups in total. The summed E-state index contributed by atoms with van der Waals surface area (Å²) >= 11 is 7.11. The molecule has 0 spiro atoms. The smallest absolute Gasteiger partial charge is 0.339 e. The molecule has 3 aromatic rings. The first-order valence-electron chi connectivity index (χ1n) is 8.55. The van der Waals surface area contributed by atoms with Crippen LogP contribution in [0.5, 0.6) is 5.75 Å². The van der Waals surface area contributed by atoms with Gasteiger partial charge >= 0.3 is 5.63 Å². The number of rotatable bonds is 1. The quantitative estimate of drug-likeness (QED) is 0.455. The average molecular weight is 477 g/mol. The van der Waals surface area contributed by atoms with Crippen LogP contribution in [0.15, 0.2) is 48.5 Å². The van der Waals surface area contributed by atoms with Crippen LogP contribution in [-0.2, 0) is 19.4 Å². The second kappa shape index (κ2) is 6.13. The third kappa shape index (κ3) is 2.50. The second-order valence-corrected chi connectivity index (χ2v) is 8.46. The van der Waals surface area contributed by atoms with E-state index in [0.29, 0.717) is 18.9 Å². The Bertz CT molecular complexity index is 1110. The highest BCUT2D eigenvalue weighted by Gasteiger charge is 2.26. The van der Waals surface area contributed by atoms with E-state index in [1.165, 1.54) is 0 Å². The first kappa shape index (κ1) is 16.4. The van der Waals surface area contributed by atoms with Crippen LogP contribution in [-0.4, -0.2) is 6.73 Å². The lowest BCUT2D eigenvalue weighted by Crippen LogP contribution is -2.32. The van der Waals surface area contributed by atoms with E-state index in [9.17, 15) is 4.79 Å². The predicted molar refractivity (Wildman–Crippen MR) is 108 cm³/mol. The molecule has 132 valence electrons. The number of benzene rings is 2. The van der Waals surface area contributed by atoms with Crippen molar-refractivity contribution in [3.8, 4) is 5.75 Å². The summed E-state index contributed by atoms with van der Waals surface area (Å²) in [5.74, 6) is 0.795. The second-order valence-electron chi connectivity index (χ2n) is 6.69. The number of aryl methyl sites for hydroxylation is 1. The molecule has 0 unspecified atom stereocenters. The van der Waals surface area contributed by atoms with Crippen molar-refractivity contribution in [1.29, 1.82) is 0 Å². The summed E-state index contributed by atoms with van der Waals surface area (Å²) in [6.45, 7) is 1.09. The van der Waals surface area contributed by atoms with Gasteiger partial charge in [0.25, 0.3) is 0 Å². The first-order chi connectivity index (χ1) is 12.6. The van der Waals surface area contributed by atoms with Crippen LogP contribution in [0.25, 0.3) is 11.0 Å². The van der Waals surface area contributed by atoms with E-state index in [2.05, 4.69) is 36.8 Å². The normalized spacial score (nSPS) is 15.7. The molecule has 1 aliphatic carbocycles. The van der Waals surface area contributed by atoms with Crippen LogP contribution in [0.4, 0.5) is 5.69 Å². The fourth-order valence-electron chi connectivity index (χ4n) is 3.95. The molecular weight excluding hydrogens is 462 g/mol. The molecule has 2 heterocycles. The molecule has 0 atom stereocenters. The number of fused-ring (bicyclic) bond motifs is 5. The minimum absolute atomic E-state index is 0.194. The van der Waals surface area contributed by atoms with Gasteiger partial charge in [-0.3, -0.25) is 0 Å². The molecule has 0 radical (unpaired) electrons. The Balaban J connectivity index is 1.65. The Labute approximate surface area is 167 Å². The minimum atomic E-state index is -0.194. The summed E-state index contributed by atoms with van der Waals surface area (Å²) in [6, 6.07) is 10.1. The molecule has 0 fully saturated rings. The summed E-state index contributed by atoms with van der Waals surface area (Å²) in [6.07, 6.45) is 2.78. The number of ether oxygens (including phenoxy) is 1. The number of hydrogen-bond donors (Lipinski definition) is 0. The summed E-state index contributed by atoms with van der Waals surface area (Å²) in [7, 11) is 0. The highest BCUT2D eigenvalue weighted by Crippen LogP contribution is 2.38. The maximum absolute atomic E-state index is 12.4. The number of nitrogens with zero attached hydrogens (tertiary/aromatic N) is 1. The van der Waals surface area contributed by atoms with Crippen molar-refractivity contribution in [2.24, 2.45) is 0 Å². The fourth-order valence-corrected chi connectivity index (χ4v) is 5.24. The zero-order valence-electron chi connectivity index (χ0n) is 13.9. The van der Waals surface area contributed by atoms with Crippen LogP contribution in [0.1, 0.15) is 23.1 Å². The number of halogens is 2. The van der Waals surface area contributed by atoms with Gasteiger partial charge in [0, 0.05) is 19.9 Å². The van der Waals surface area contributed by atoms with Crippen molar-refractivity contribution < 1.29 is 9.15 Å². The van der Waals surface area contributed by atoms with Crippen molar-refractivity contribution in [3.63, 3.8) is 0 Å². The molecular formula is C20H15Br2NO3. The van der Waals surface area contributed by atoms with Gasteiger partial charge in [-0.05, 0) is 71.1 Å². The van der Waals surface area contributed by atoms with E-state index in [4.69, 9.17) is 9.15 Å². The summed E-state index contributed by atoms with van der Waals surface area (Å²) in [5.41, 5.74) is 4.46. The lowest BCUT2D eigenvalue weighted by molar-refractivity contribution is 0.289. The lowest BCUT2D eigenvalue weighted by atomic mass is 10.0. The molecule has 2 aromatic carbocycles. The van der Waals surface area contributed by atoms with Gasteiger partial charge < -0.3 is 14.1 Å². The largest absolute Gasteiger partial charge is 0.473 e. The monoisotopic (exact) mass is 475 g/mol. The fraction of sp³-hybridized carbons (Fsp3) is 0.250. The molecule has 4 nitrogen and oxygen atoms in total. The zero-order chi connectivity index (χ0) is 17.8. The van der Waals surface area contributed by atoms with Crippen molar-refractivity contribution in [3.05, 3.63) is 66.4 Å². The molecule has 1 aliphatic heterocycles. The van der Waals surface area contributed by atoms with Crippen LogP contribution in [0, 0.1) is 0 Å². The van der Waals surface area contributed by atoms with Crippen molar-refractivity contribution in [1.82, 2.24) is 0 Å². The van der Waals surface area contributed by atoms with Crippen molar-refractivity contribution in [2.45, 2.75) is 25.8 Å². The van der Waals surface area contributed by atoms with E-state index in [1.807, 2.05) is 30.3 Å². The zero-order valence-corrected chi connectivity index (χ0v) is 17.0. The average Bonchev–Trinajstić information content (AvgIpc) is 3.12. The van der Waals surface area contributed by atoms with Crippen LogP contribution in [0.2, 0.25) is 0 Å². The molecule has 1 aromatic heterocycles. The number of hydrogen-bond acceptors (Lipinski definition) is 4. The van der Waals surface area contributed by atoms with E-state index >= 15 is 0 Å².